The SMILES string of the molecule is Cc1ccc(Cl)cc1S(=O)(=O)N1CC(N2C(=O)C3CC=CCC3C2=O)C1. The smallest absolute Gasteiger partial charge is 0.243 e. The Kier molecular flexibility index (Phi) is 4.21. The molecule has 8 heteroatoms. The van der Waals surface area contributed by atoms with Gasteiger partial charge in [-0.1, -0.05) is 29.8 Å². The second-order valence-electron chi connectivity index (χ2n) is 7.09. The van der Waals surface area contributed by atoms with Crippen molar-refractivity contribution in [2.45, 2.75) is 30.7 Å². The van der Waals surface area contributed by atoms with Crippen LogP contribution in [-0.4, -0.2) is 48.6 Å². The third-order valence-electron chi connectivity index (χ3n) is 5.50. The standard InChI is InChI=1S/C18H19ClN2O4S/c1-11-6-7-12(19)8-16(11)26(24,25)20-9-13(10-20)21-17(22)14-4-2-3-5-15(14)18(21)23/h2-3,6-8,13-15H,4-5,9-10H2,1H3. The number of carbonyl (C=O) groups is 2. The Labute approximate surface area is 157 Å². The van der Waals surface area contributed by atoms with E-state index in [-0.39, 0.29) is 47.7 Å². The summed E-state index contributed by atoms with van der Waals surface area (Å²) in [5.74, 6) is -0.891. The first-order valence-electron chi connectivity index (χ1n) is 8.59. The van der Waals surface area contributed by atoms with Crippen LogP contribution in [0.4, 0.5) is 0 Å². The van der Waals surface area contributed by atoms with E-state index in [9.17, 15) is 18.0 Å². The molecule has 1 aromatic rings. The number of hydrogen-bond acceptors (Lipinski definition) is 4. The van der Waals surface area contributed by atoms with E-state index in [1.54, 1.807) is 19.1 Å². The highest BCUT2D eigenvalue weighted by molar-refractivity contribution is 7.89. The Balaban J connectivity index is 1.51. The zero-order chi connectivity index (χ0) is 18.6. The number of sulfonamides is 1. The summed E-state index contributed by atoms with van der Waals surface area (Å²) >= 11 is 5.94. The van der Waals surface area contributed by atoms with Crippen molar-refractivity contribution in [3.63, 3.8) is 0 Å². The lowest BCUT2D eigenvalue weighted by Crippen LogP contribution is -2.62. The van der Waals surface area contributed by atoms with E-state index in [1.165, 1.54) is 15.3 Å². The molecule has 2 atom stereocenters. The van der Waals surface area contributed by atoms with Gasteiger partial charge in [0.1, 0.15) is 0 Å². The predicted molar refractivity (Wildman–Crippen MR) is 95.9 cm³/mol. The fraction of sp³-hybridized carbons (Fsp3) is 0.444. The minimum Gasteiger partial charge on any atom is -0.276 e. The number of carbonyl (C=O) groups excluding carboxylic acids is 2. The van der Waals surface area contributed by atoms with Crippen LogP contribution >= 0.6 is 11.6 Å². The van der Waals surface area contributed by atoms with E-state index in [1.807, 2.05) is 12.2 Å². The number of aryl methyl sites for hydroxylation is 1. The fourth-order valence-corrected chi connectivity index (χ4v) is 5.96. The van der Waals surface area contributed by atoms with E-state index in [4.69, 9.17) is 11.6 Å². The molecule has 1 aliphatic carbocycles. The molecule has 138 valence electrons. The van der Waals surface area contributed by atoms with Gasteiger partial charge in [0.15, 0.2) is 0 Å². The summed E-state index contributed by atoms with van der Waals surface area (Å²) in [7, 11) is -3.69. The summed E-state index contributed by atoms with van der Waals surface area (Å²) in [6.45, 7) is 1.99. The van der Waals surface area contributed by atoms with Crippen LogP contribution in [0.15, 0.2) is 35.2 Å². The van der Waals surface area contributed by atoms with Crippen molar-refractivity contribution in [2.24, 2.45) is 11.8 Å². The summed E-state index contributed by atoms with van der Waals surface area (Å²) in [5.41, 5.74) is 0.614. The van der Waals surface area contributed by atoms with Gasteiger partial charge in [-0.15, -0.1) is 0 Å². The maximum absolute atomic E-state index is 12.8. The normalized spacial score (nSPS) is 26.9. The highest BCUT2D eigenvalue weighted by Gasteiger charge is 2.53. The molecule has 1 aromatic carbocycles. The molecule has 2 saturated heterocycles. The molecule has 26 heavy (non-hydrogen) atoms. The summed E-state index contributed by atoms with van der Waals surface area (Å²) in [6, 6.07) is 4.37. The van der Waals surface area contributed by atoms with Gasteiger partial charge in [-0.3, -0.25) is 14.5 Å². The molecule has 0 aromatic heterocycles. The molecular formula is C18H19ClN2O4S. The third-order valence-corrected chi connectivity index (χ3v) is 7.71. The van der Waals surface area contributed by atoms with Gasteiger partial charge in [0.05, 0.1) is 22.8 Å². The van der Waals surface area contributed by atoms with Crippen LogP contribution < -0.4 is 0 Å². The number of amides is 2. The maximum Gasteiger partial charge on any atom is 0.243 e. The van der Waals surface area contributed by atoms with E-state index in [2.05, 4.69) is 0 Å². The first kappa shape index (κ1) is 17.7. The Morgan fingerprint density at radius 1 is 1.04 bits per heavy atom. The molecule has 4 rings (SSSR count). The van der Waals surface area contributed by atoms with E-state index in [0.29, 0.717) is 23.4 Å². The predicted octanol–water partition coefficient (Wildman–Crippen LogP) is 1.97. The molecule has 2 unspecified atom stereocenters. The summed E-state index contributed by atoms with van der Waals surface area (Å²) < 4.78 is 27.0. The topological polar surface area (TPSA) is 74.8 Å². The molecule has 0 N–H and O–H groups in total. The highest BCUT2D eigenvalue weighted by atomic mass is 35.5. The lowest BCUT2D eigenvalue weighted by molar-refractivity contribution is -0.145. The molecule has 0 spiro atoms. The van der Waals surface area contributed by atoms with Crippen LogP contribution in [0.25, 0.3) is 0 Å². The number of nitrogens with zero attached hydrogens (tertiary/aromatic N) is 2. The van der Waals surface area contributed by atoms with Crippen LogP contribution in [0.5, 0.6) is 0 Å². The van der Waals surface area contributed by atoms with Crippen molar-refractivity contribution < 1.29 is 18.0 Å². The maximum atomic E-state index is 12.8. The van der Waals surface area contributed by atoms with Crippen molar-refractivity contribution >= 4 is 33.4 Å². The molecule has 2 aliphatic heterocycles. The summed E-state index contributed by atoms with van der Waals surface area (Å²) in [6.07, 6.45) is 5.05. The van der Waals surface area contributed by atoms with Crippen molar-refractivity contribution in [1.82, 2.24) is 9.21 Å². The molecule has 2 amide bonds. The van der Waals surface area contributed by atoms with Crippen molar-refractivity contribution in [3.8, 4) is 0 Å². The van der Waals surface area contributed by atoms with Crippen molar-refractivity contribution in [1.29, 1.82) is 0 Å². The van der Waals surface area contributed by atoms with Crippen LogP contribution in [-0.2, 0) is 19.6 Å². The second kappa shape index (κ2) is 6.18. The lowest BCUT2D eigenvalue weighted by Gasteiger charge is -2.42. The van der Waals surface area contributed by atoms with Crippen LogP contribution in [0.1, 0.15) is 18.4 Å². The fourth-order valence-electron chi connectivity index (χ4n) is 3.95. The van der Waals surface area contributed by atoms with Crippen LogP contribution in [0.2, 0.25) is 5.02 Å². The number of allylic oxidation sites excluding steroid dienone is 2. The Morgan fingerprint density at radius 3 is 2.19 bits per heavy atom. The summed E-state index contributed by atoms with van der Waals surface area (Å²) in [5, 5.41) is 0.354. The molecule has 2 fully saturated rings. The second-order valence-corrected chi connectivity index (χ2v) is 9.43. The van der Waals surface area contributed by atoms with E-state index < -0.39 is 10.0 Å². The third kappa shape index (κ3) is 2.61. The molecule has 6 nitrogen and oxygen atoms in total. The van der Waals surface area contributed by atoms with Crippen molar-refractivity contribution in [2.75, 3.05) is 13.1 Å². The number of rotatable bonds is 3. The van der Waals surface area contributed by atoms with Gasteiger partial charge in [-0.25, -0.2) is 8.42 Å². The van der Waals surface area contributed by atoms with Crippen molar-refractivity contribution in [3.05, 3.63) is 40.9 Å². The minimum absolute atomic E-state index is 0.138. The first-order valence-corrected chi connectivity index (χ1v) is 10.4. The van der Waals surface area contributed by atoms with Gasteiger partial charge in [-0.05, 0) is 37.5 Å². The average molecular weight is 395 g/mol. The molecule has 0 radical (unpaired) electrons. The van der Waals surface area contributed by atoms with Gasteiger partial charge in [0.2, 0.25) is 21.8 Å². The number of fused-ring (bicyclic) bond motifs is 1. The number of likely N-dealkylation sites (tertiary alicyclic amines) is 1. The lowest BCUT2D eigenvalue weighted by atomic mass is 9.85. The number of hydrogen-bond donors (Lipinski definition) is 0. The monoisotopic (exact) mass is 394 g/mol. The van der Waals surface area contributed by atoms with Gasteiger partial charge < -0.3 is 0 Å². The van der Waals surface area contributed by atoms with Gasteiger partial charge in [-0.2, -0.15) is 4.31 Å². The Bertz CT molecular complexity index is 895. The van der Waals surface area contributed by atoms with Gasteiger partial charge in [0, 0.05) is 18.1 Å². The van der Waals surface area contributed by atoms with Gasteiger partial charge >= 0.3 is 0 Å². The average Bonchev–Trinajstić information content (AvgIpc) is 2.81. The van der Waals surface area contributed by atoms with Gasteiger partial charge in [0.25, 0.3) is 0 Å². The minimum atomic E-state index is -3.69. The number of imide groups is 1. The van der Waals surface area contributed by atoms with Crippen LogP contribution in [0.3, 0.4) is 0 Å². The van der Waals surface area contributed by atoms with Crippen LogP contribution in [0, 0.1) is 18.8 Å². The molecule has 0 bridgehead atoms. The van der Waals surface area contributed by atoms with E-state index in [0.717, 1.165) is 0 Å². The first-order chi connectivity index (χ1) is 12.3. The highest BCUT2D eigenvalue weighted by Crippen LogP contribution is 2.38. The number of halogens is 1. The zero-order valence-electron chi connectivity index (χ0n) is 14.3. The molecule has 3 aliphatic rings. The molecule has 2 heterocycles. The largest absolute Gasteiger partial charge is 0.276 e. The summed E-state index contributed by atoms with van der Waals surface area (Å²) in [4.78, 5) is 26.7. The quantitative estimate of drug-likeness (QED) is 0.580. The van der Waals surface area contributed by atoms with E-state index >= 15 is 0 Å². The zero-order valence-corrected chi connectivity index (χ0v) is 15.8. The Morgan fingerprint density at radius 2 is 1.62 bits per heavy atom. The number of benzene rings is 1. The Hall–Kier alpha value is -1.70. The molecular weight excluding hydrogens is 376 g/mol. The molecule has 0 saturated carbocycles.